The molecule has 0 heterocycles. The average Bonchev–Trinajstić information content (AvgIpc) is 2.27. The smallest absolute Gasteiger partial charge is 0.150 e. The van der Waals surface area contributed by atoms with E-state index in [2.05, 4.69) is 11.0 Å². The molecule has 0 aliphatic carbocycles. The second kappa shape index (κ2) is 7.64. The Hall–Kier alpha value is -0.600. The molecule has 0 spiro atoms. The summed E-state index contributed by atoms with van der Waals surface area (Å²) in [5.74, 6) is 0.469. The lowest BCUT2D eigenvalue weighted by atomic mass is 10.2. The van der Waals surface area contributed by atoms with Gasteiger partial charge in [-0.15, -0.1) is 0 Å². The van der Waals surface area contributed by atoms with Gasteiger partial charge in [0.15, 0.2) is 0 Å². The molecule has 0 radical (unpaired) electrons. The number of hydrogen-bond acceptors (Lipinski definition) is 4. The van der Waals surface area contributed by atoms with Crippen molar-refractivity contribution in [1.82, 2.24) is 4.90 Å². The van der Waals surface area contributed by atoms with E-state index in [-0.39, 0.29) is 17.4 Å². The van der Waals surface area contributed by atoms with Crippen molar-refractivity contribution in [2.24, 2.45) is 5.92 Å². The summed E-state index contributed by atoms with van der Waals surface area (Å²) in [5.41, 5.74) is 0. The molecule has 0 saturated heterocycles. The van der Waals surface area contributed by atoms with E-state index < -0.39 is 9.84 Å². The SMILES string of the molecule is CCN(CCCS(=O)(=O)CC)CC(C)C#N. The molecule has 1 atom stereocenters. The maximum absolute atomic E-state index is 11.3. The summed E-state index contributed by atoms with van der Waals surface area (Å²) in [6, 6.07) is 2.19. The summed E-state index contributed by atoms with van der Waals surface area (Å²) < 4.78 is 22.6. The molecule has 0 aliphatic heterocycles. The van der Waals surface area contributed by atoms with Crippen molar-refractivity contribution in [1.29, 1.82) is 5.26 Å². The highest BCUT2D eigenvalue weighted by Crippen LogP contribution is 2.01. The van der Waals surface area contributed by atoms with E-state index in [1.807, 2.05) is 13.8 Å². The minimum absolute atomic E-state index is 0.00253. The lowest BCUT2D eigenvalue weighted by Crippen LogP contribution is -2.30. The topological polar surface area (TPSA) is 61.2 Å². The predicted octanol–water partition coefficient (Wildman–Crippen LogP) is 1.29. The molecule has 1 unspecified atom stereocenters. The highest BCUT2D eigenvalue weighted by atomic mass is 32.2. The zero-order valence-corrected chi connectivity index (χ0v) is 11.3. The standard InChI is InChI=1S/C11H22N2O2S/c1-4-13(10-11(3)9-12)7-6-8-16(14,15)5-2/h11H,4-8,10H2,1-3H3. The van der Waals surface area contributed by atoms with E-state index in [0.29, 0.717) is 6.42 Å². The number of sulfone groups is 1. The fourth-order valence-electron chi connectivity index (χ4n) is 1.46. The van der Waals surface area contributed by atoms with Gasteiger partial charge in [-0.25, -0.2) is 8.42 Å². The third-order valence-electron chi connectivity index (χ3n) is 2.57. The molecule has 4 nitrogen and oxygen atoms in total. The van der Waals surface area contributed by atoms with Crippen LogP contribution in [-0.4, -0.2) is 44.5 Å². The van der Waals surface area contributed by atoms with E-state index in [9.17, 15) is 8.42 Å². The second-order valence-electron chi connectivity index (χ2n) is 4.01. The molecule has 0 aliphatic rings. The van der Waals surface area contributed by atoms with Crippen molar-refractivity contribution >= 4 is 9.84 Å². The molecule has 0 aromatic heterocycles. The van der Waals surface area contributed by atoms with Gasteiger partial charge in [-0.2, -0.15) is 5.26 Å². The van der Waals surface area contributed by atoms with Crippen molar-refractivity contribution in [3.8, 4) is 6.07 Å². The third-order valence-corrected chi connectivity index (χ3v) is 4.36. The lowest BCUT2D eigenvalue weighted by molar-refractivity contribution is 0.269. The van der Waals surface area contributed by atoms with Crippen LogP contribution in [0.5, 0.6) is 0 Å². The molecule has 5 heteroatoms. The quantitative estimate of drug-likeness (QED) is 0.647. The zero-order chi connectivity index (χ0) is 12.6. The fraction of sp³-hybridized carbons (Fsp3) is 0.909. The normalized spacial score (nSPS) is 13.7. The van der Waals surface area contributed by atoms with Crippen molar-refractivity contribution in [3.63, 3.8) is 0 Å². The van der Waals surface area contributed by atoms with Crippen LogP contribution >= 0.6 is 0 Å². The van der Waals surface area contributed by atoms with Crippen LogP contribution in [0.15, 0.2) is 0 Å². The number of nitrogens with zero attached hydrogens (tertiary/aromatic N) is 2. The predicted molar refractivity (Wildman–Crippen MR) is 65.8 cm³/mol. The molecule has 0 bridgehead atoms. The Kier molecular flexibility index (Phi) is 7.35. The zero-order valence-electron chi connectivity index (χ0n) is 10.4. The van der Waals surface area contributed by atoms with E-state index in [1.165, 1.54) is 0 Å². The van der Waals surface area contributed by atoms with Gasteiger partial charge in [0.1, 0.15) is 9.84 Å². The van der Waals surface area contributed by atoms with Crippen LogP contribution in [0.25, 0.3) is 0 Å². The molecule has 94 valence electrons. The first-order valence-corrected chi connectivity index (χ1v) is 7.59. The van der Waals surface area contributed by atoms with Crippen LogP contribution in [0.1, 0.15) is 27.2 Å². The van der Waals surface area contributed by atoms with Crippen LogP contribution < -0.4 is 0 Å². The molecule has 0 aromatic carbocycles. The summed E-state index contributed by atoms with van der Waals surface area (Å²) in [6.07, 6.45) is 0.655. The van der Waals surface area contributed by atoms with E-state index in [0.717, 1.165) is 19.6 Å². The van der Waals surface area contributed by atoms with Crippen LogP contribution in [0, 0.1) is 17.2 Å². The summed E-state index contributed by atoms with van der Waals surface area (Å²) in [4.78, 5) is 2.12. The molecule has 0 N–H and O–H groups in total. The molecule has 0 rings (SSSR count). The van der Waals surface area contributed by atoms with E-state index in [1.54, 1.807) is 6.92 Å². The van der Waals surface area contributed by atoms with Crippen molar-refractivity contribution in [2.75, 3.05) is 31.1 Å². The van der Waals surface area contributed by atoms with Crippen LogP contribution in [-0.2, 0) is 9.84 Å². The van der Waals surface area contributed by atoms with Crippen molar-refractivity contribution < 1.29 is 8.42 Å². The molecule has 0 aromatic rings. The van der Waals surface area contributed by atoms with Crippen LogP contribution in [0.4, 0.5) is 0 Å². The van der Waals surface area contributed by atoms with Gasteiger partial charge in [-0.05, 0) is 26.4 Å². The maximum Gasteiger partial charge on any atom is 0.150 e. The monoisotopic (exact) mass is 246 g/mol. The minimum atomic E-state index is -2.85. The highest BCUT2D eigenvalue weighted by Gasteiger charge is 2.10. The first-order valence-electron chi connectivity index (χ1n) is 5.77. The average molecular weight is 246 g/mol. The van der Waals surface area contributed by atoms with E-state index >= 15 is 0 Å². The molecule has 16 heavy (non-hydrogen) atoms. The first-order chi connectivity index (χ1) is 7.45. The van der Waals surface area contributed by atoms with Crippen molar-refractivity contribution in [3.05, 3.63) is 0 Å². The van der Waals surface area contributed by atoms with Gasteiger partial charge in [0, 0.05) is 12.3 Å². The molecule has 0 saturated carbocycles. The Morgan fingerprint density at radius 3 is 2.44 bits per heavy atom. The summed E-state index contributed by atoms with van der Waals surface area (Å²) in [6.45, 7) is 7.91. The van der Waals surface area contributed by atoms with Gasteiger partial charge in [-0.1, -0.05) is 13.8 Å². The van der Waals surface area contributed by atoms with Gasteiger partial charge < -0.3 is 4.90 Å². The van der Waals surface area contributed by atoms with Crippen LogP contribution in [0.3, 0.4) is 0 Å². The van der Waals surface area contributed by atoms with Gasteiger partial charge in [0.25, 0.3) is 0 Å². The summed E-state index contributed by atoms with van der Waals surface area (Å²) in [5, 5.41) is 8.70. The third kappa shape index (κ3) is 6.81. The lowest BCUT2D eigenvalue weighted by Gasteiger charge is -2.21. The van der Waals surface area contributed by atoms with Gasteiger partial charge in [-0.3, -0.25) is 0 Å². The minimum Gasteiger partial charge on any atom is -0.302 e. The molecular formula is C11H22N2O2S. The molecule has 0 amide bonds. The first kappa shape index (κ1) is 15.4. The number of nitriles is 1. The second-order valence-corrected chi connectivity index (χ2v) is 6.49. The van der Waals surface area contributed by atoms with Gasteiger partial charge in [0.05, 0.1) is 17.7 Å². The Balaban J connectivity index is 3.94. The summed E-state index contributed by atoms with van der Waals surface area (Å²) in [7, 11) is -2.85. The fourth-order valence-corrected chi connectivity index (χ4v) is 2.32. The Bertz CT molecular complexity index is 319. The van der Waals surface area contributed by atoms with Crippen LogP contribution in [0.2, 0.25) is 0 Å². The maximum atomic E-state index is 11.3. The summed E-state index contributed by atoms with van der Waals surface area (Å²) >= 11 is 0. The Morgan fingerprint density at radius 1 is 1.38 bits per heavy atom. The Labute approximate surface area is 99.2 Å². The highest BCUT2D eigenvalue weighted by molar-refractivity contribution is 7.91. The number of hydrogen-bond donors (Lipinski definition) is 0. The van der Waals surface area contributed by atoms with E-state index in [4.69, 9.17) is 5.26 Å². The van der Waals surface area contributed by atoms with Crippen molar-refractivity contribution in [2.45, 2.75) is 27.2 Å². The number of rotatable bonds is 8. The molecular weight excluding hydrogens is 224 g/mol. The molecule has 0 fully saturated rings. The van der Waals surface area contributed by atoms with Gasteiger partial charge >= 0.3 is 0 Å². The largest absolute Gasteiger partial charge is 0.302 e. The van der Waals surface area contributed by atoms with Gasteiger partial charge in [0.2, 0.25) is 0 Å². The Morgan fingerprint density at radius 2 is 2.00 bits per heavy atom.